The van der Waals surface area contributed by atoms with E-state index in [1.807, 2.05) is 34.3 Å². The van der Waals surface area contributed by atoms with E-state index < -0.39 is 5.91 Å². The van der Waals surface area contributed by atoms with Gasteiger partial charge in [-0.05, 0) is 40.2 Å². The van der Waals surface area contributed by atoms with E-state index in [0.717, 1.165) is 16.2 Å². The third-order valence-corrected chi connectivity index (χ3v) is 4.96. The Labute approximate surface area is 166 Å². The minimum atomic E-state index is -0.453. The van der Waals surface area contributed by atoms with Gasteiger partial charge in [0.25, 0.3) is 5.91 Å². The monoisotopic (exact) mass is 444 g/mol. The number of halogens is 1. The first-order chi connectivity index (χ1) is 13.1. The number of amides is 2. The Morgan fingerprint density at radius 2 is 2.00 bits per heavy atom. The van der Waals surface area contributed by atoms with E-state index in [-0.39, 0.29) is 18.2 Å². The van der Waals surface area contributed by atoms with Crippen LogP contribution in [0.2, 0.25) is 0 Å². The molecule has 4 aromatic rings. The van der Waals surface area contributed by atoms with E-state index in [1.54, 1.807) is 29.5 Å². The van der Waals surface area contributed by atoms with Crippen LogP contribution >= 0.6 is 27.3 Å². The van der Waals surface area contributed by atoms with Crippen LogP contribution < -0.4 is 10.6 Å². The molecule has 0 radical (unpaired) electrons. The van der Waals surface area contributed by atoms with Gasteiger partial charge in [0.15, 0.2) is 15.4 Å². The number of thiazole rings is 1. The predicted octanol–water partition coefficient (Wildman–Crippen LogP) is 3.79. The van der Waals surface area contributed by atoms with Gasteiger partial charge in [0, 0.05) is 29.0 Å². The van der Waals surface area contributed by atoms with Crippen molar-refractivity contribution in [2.24, 2.45) is 0 Å². The smallest absolute Gasteiger partial charge is 0.287 e. The highest BCUT2D eigenvalue weighted by Gasteiger charge is 2.12. The SMILES string of the molecule is O=C(CNC(=O)c1ccc(Br)o1)Nc1ccc(-c2cn3ccsc3n2)cc1. The molecule has 0 aliphatic carbocycles. The molecule has 136 valence electrons. The summed E-state index contributed by atoms with van der Waals surface area (Å²) >= 11 is 4.70. The van der Waals surface area contributed by atoms with Crippen LogP contribution in [0.1, 0.15) is 10.6 Å². The summed E-state index contributed by atoms with van der Waals surface area (Å²) in [6.07, 6.45) is 3.92. The van der Waals surface area contributed by atoms with E-state index >= 15 is 0 Å². The minimum Gasteiger partial charge on any atom is -0.444 e. The van der Waals surface area contributed by atoms with Crippen LogP contribution in [0.15, 0.2) is 63.3 Å². The second kappa shape index (κ2) is 7.37. The van der Waals surface area contributed by atoms with Gasteiger partial charge in [0.1, 0.15) is 0 Å². The Kier molecular flexibility index (Phi) is 4.78. The zero-order valence-corrected chi connectivity index (χ0v) is 16.2. The minimum absolute atomic E-state index is 0.138. The Bertz CT molecular complexity index is 1080. The van der Waals surface area contributed by atoms with Crippen molar-refractivity contribution >= 4 is 49.7 Å². The summed E-state index contributed by atoms with van der Waals surface area (Å²) in [7, 11) is 0. The number of carbonyl (C=O) groups excluding carboxylic acids is 2. The first-order valence-corrected chi connectivity index (χ1v) is 9.62. The van der Waals surface area contributed by atoms with Crippen LogP contribution in [0.5, 0.6) is 0 Å². The number of nitrogens with zero attached hydrogens (tertiary/aromatic N) is 2. The summed E-state index contributed by atoms with van der Waals surface area (Å²) in [5.41, 5.74) is 2.47. The Morgan fingerprint density at radius 3 is 2.70 bits per heavy atom. The van der Waals surface area contributed by atoms with Gasteiger partial charge < -0.3 is 15.1 Å². The molecule has 2 N–H and O–H groups in total. The average molecular weight is 445 g/mol. The highest BCUT2D eigenvalue weighted by atomic mass is 79.9. The normalized spacial score (nSPS) is 10.9. The van der Waals surface area contributed by atoms with Gasteiger partial charge >= 0.3 is 0 Å². The largest absolute Gasteiger partial charge is 0.444 e. The molecule has 0 saturated carbocycles. The molecule has 4 rings (SSSR count). The number of anilines is 1. The van der Waals surface area contributed by atoms with Crippen molar-refractivity contribution in [2.75, 3.05) is 11.9 Å². The third kappa shape index (κ3) is 3.93. The molecule has 1 aromatic carbocycles. The average Bonchev–Trinajstić information content (AvgIpc) is 3.36. The number of nitrogens with one attached hydrogen (secondary N) is 2. The van der Waals surface area contributed by atoms with E-state index in [9.17, 15) is 9.59 Å². The van der Waals surface area contributed by atoms with E-state index in [2.05, 4.69) is 31.5 Å². The second-order valence-electron chi connectivity index (χ2n) is 5.63. The number of hydrogen-bond donors (Lipinski definition) is 2. The quantitative estimate of drug-likeness (QED) is 0.489. The first kappa shape index (κ1) is 17.5. The summed E-state index contributed by atoms with van der Waals surface area (Å²) in [6, 6.07) is 10.5. The third-order valence-electron chi connectivity index (χ3n) is 3.76. The molecule has 0 spiro atoms. The first-order valence-electron chi connectivity index (χ1n) is 7.94. The Morgan fingerprint density at radius 1 is 1.19 bits per heavy atom. The molecule has 3 heterocycles. The number of rotatable bonds is 5. The summed E-state index contributed by atoms with van der Waals surface area (Å²) in [5.74, 6) is -0.644. The van der Waals surface area contributed by atoms with Crippen LogP contribution in [0.25, 0.3) is 16.2 Å². The van der Waals surface area contributed by atoms with Crippen molar-refractivity contribution in [2.45, 2.75) is 0 Å². The molecule has 3 aromatic heterocycles. The summed E-state index contributed by atoms with van der Waals surface area (Å²) in [4.78, 5) is 29.3. The Balaban J connectivity index is 1.34. The van der Waals surface area contributed by atoms with Crippen LogP contribution in [0.3, 0.4) is 0 Å². The van der Waals surface area contributed by atoms with Crippen molar-refractivity contribution in [3.8, 4) is 11.3 Å². The molecule has 0 unspecified atom stereocenters. The van der Waals surface area contributed by atoms with Crippen LogP contribution in [0.4, 0.5) is 5.69 Å². The fraction of sp³-hybridized carbons (Fsp3) is 0.0556. The maximum Gasteiger partial charge on any atom is 0.287 e. The highest BCUT2D eigenvalue weighted by molar-refractivity contribution is 9.10. The summed E-state index contributed by atoms with van der Waals surface area (Å²) in [6.45, 7) is -0.157. The van der Waals surface area contributed by atoms with Gasteiger partial charge in [-0.25, -0.2) is 4.98 Å². The van der Waals surface area contributed by atoms with Crippen molar-refractivity contribution in [3.05, 3.63) is 64.6 Å². The van der Waals surface area contributed by atoms with Crippen LogP contribution in [0, 0.1) is 0 Å². The lowest BCUT2D eigenvalue weighted by atomic mass is 10.1. The van der Waals surface area contributed by atoms with Gasteiger partial charge in [0.05, 0.1) is 12.2 Å². The zero-order valence-electron chi connectivity index (χ0n) is 13.8. The molecule has 0 aliphatic heterocycles. The molecule has 2 amide bonds. The standard InChI is InChI=1S/C18H13BrN4O3S/c19-15-6-5-14(26-15)17(25)20-9-16(24)21-12-3-1-11(2-4-12)13-10-23-7-8-27-18(23)22-13/h1-8,10H,9H2,(H,20,25)(H,21,24). The molecule has 0 fully saturated rings. The number of fused-ring (bicyclic) bond motifs is 1. The Hall–Kier alpha value is -2.91. The molecule has 9 heteroatoms. The van der Waals surface area contributed by atoms with Gasteiger partial charge in [-0.2, -0.15) is 0 Å². The van der Waals surface area contributed by atoms with Crippen molar-refractivity contribution in [3.63, 3.8) is 0 Å². The van der Waals surface area contributed by atoms with Gasteiger partial charge in [-0.15, -0.1) is 11.3 Å². The number of benzene rings is 1. The number of carbonyl (C=O) groups is 2. The topological polar surface area (TPSA) is 88.6 Å². The maximum atomic E-state index is 12.0. The molecule has 27 heavy (non-hydrogen) atoms. The second-order valence-corrected chi connectivity index (χ2v) is 7.29. The molecule has 0 saturated heterocycles. The maximum absolute atomic E-state index is 12.0. The lowest BCUT2D eigenvalue weighted by Gasteiger charge is -2.06. The predicted molar refractivity (Wildman–Crippen MR) is 106 cm³/mol. The van der Waals surface area contributed by atoms with Crippen molar-refractivity contribution < 1.29 is 14.0 Å². The molecule has 7 nitrogen and oxygen atoms in total. The van der Waals surface area contributed by atoms with Gasteiger partial charge in [-0.3, -0.25) is 14.0 Å². The fourth-order valence-corrected chi connectivity index (χ4v) is 3.49. The lowest BCUT2D eigenvalue weighted by Crippen LogP contribution is -2.32. The number of hydrogen-bond acceptors (Lipinski definition) is 5. The van der Waals surface area contributed by atoms with Crippen LogP contribution in [-0.4, -0.2) is 27.7 Å². The van der Waals surface area contributed by atoms with Crippen molar-refractivity contribution in [1.29, 1.82) is 0 Å². The highest BCUT2D eigenvalue weighted by Crippen LogP contribution is 2.23. The van der Waals surface area contributed by atoms with Gasteiger partial charge in [0.2, 0.25) is 5.91 Å². The van der Waals surface area contributed by atoms with E-state index in [1.165, 1.54) is 6.07 Å². The number of furan rings is 1. The zero-order chi connectivity index (χ0) is 18.8. The van der Waals surface area contributed by atoms with E-state index in [0.29, 0.717) is 10.4 Å². The molecule has 0 aliphatic rings. The molecular weight excluding hydrogens is 432 g/mol. The fourth-order valence-electron chi connectivity index (χ4n) is 2.48. The lowest BCUT2D eigenvalue weighted by molar-refractivity contribution is -0.115. The van der Waals surface area contributed by atoms with E-state index in [4.69, 9.17) is 4.42 Å². The van der Waals surface area contributed by atoms with Crippen molar-refractivity contribution in [1.82, 2.24) is 14.7 Å². The summed E-state index contributed by atoms with van der Waals surface area (Å²) < 4.78 is 7.55. The summed E-state index contributed by atoms with van der Waals surface area (Å²) in [5, 5.41) is 7.22. The number of aromatic nitrogens is 2. The van der Waals surface area contributed by atoms with Gasteiger partial charge in [-0.1, -0.05) is 12.1 Å². The van der Waals surface area contributed by atoms with Crippen LogP contribution in [-0.2, 0) is 4.79 Å². The molecule has 0 bridgehead atoms. The number of imidazole rings is 1. The molecule has 0 atom stereocenters. The molecular formula is C18H13BrN4O3S.